The lowest BCUT2D eigenvalue weighted by molar-refractivity contribution is 0.0828. The van der Waals surface area contributed by atoms with Gasteiger partial charge in [0.05, 0.1) is 11.3 Å². The predicted octanol–water partition coefficient (Wildman–Crippen LogP) is 3.12. The summed E-state index contributed by atoms with van der Waals surface area (Å²) >= 11 is 0. The molecule has 1 aromatic heterocycles. The van der Waals surface area contributed by atoms with E-state index in [1.165, 1.54) is 0 Å². The van der Waals surface area contributed by atoms with Crippen LogP contribution < -0.4 is 10.7 Å². The number of hydrogen-bond acceptors (Lipinski definition) is 5. The van der Waals surface area contributed by atoms with Crippen LogP contribution in [0.2, 0.25) is 0 Å². The van der Waals surface area contributed by atoms with Gasteiger partial charge in [-0.2, -0.15) is 5.10 Å². The van der Waals surface area contributed by atoms with Gasteiger partial charge >= 0.3 is 0 Å². The molecule has 0 saturated carbocycles. The Morgan fingerprint density at radius 1 is 1.29 bits per heavy atom. The number of amides is 1. The van der Waals surface area contributed by atoms with Crippen LogP contribution in [0.1, 0.15) is 28.4 Å². The van der Waals surface area contributed by atoms with E-state index in [-0.39, 0.29) is 5.91 Å². The molecule has 0 aliphatic rings. The zero-order valence-corrected chi connectivity index (χ0v) is 14.5. The smallest absolute Gasteiger partial charge is 0.257 e. The lowest BCUT2D eigenvalue weighted by Crippen LogP contribution is -2.24. The molecule has 1 heterocycles. The molecule has 0 unspecified atom stereocenters. The molecule has 2 rings (SSSR count). The zero-order chi connectivity index (χ0) is 17.5. The van der Waals surface area contributed by atoms with E-state index in [0.29, 0.717) is 17.9 Å². The highest BCUT2D eigenvalue weighted by molar-refractivity contribution is 6.00. The van der Waals surface area contributed by atoms with Crippen molar-refractivity contribution in [3.05, 3.63) is 53.2 Å². The van der Waals surface area contributed by atoms with Crippen molar-refractivity contribution in [2.24, 2.45) is 5.10 Å². The maximum absolute atomic E-state index is 12.5. The molecule has 6 nitrogen and oxygen atoms in total. The molecule has 0 atom stereocenters. The molecule has 0 aliphatic carbocycles. The van der Waals surface area contributed by atoms with E-state index in [9.17, 15) is 4.79 Å². The van der Waals surface area contributed by atoms with E-state index in [1.54, 1.807) is 31.4 Å². The summed E-state index contributed by atoms with van der Waals surface area (Å²) in [5.41, 5.74) is 6.18. The second-order valence-corrected chi connectivity index (χ2v) is 5.56. The number of nitrogens with zero attached hydrogens (tertiary/aromatic N) is 3. The SMILES string of the molecule is C/C=N\Nc1ncc(C(=O)N(C)C)c(NCc2ccccc2)c1C. The first-order valence-corrected chi connectivity index (χ1v) is 7.77. The summed E-state index contributed by atoms with van der Waals surface area (Å²) in [7, 11) is 3.46. The Hall–Kier alpha value is -2.89. The summed E-state index contributed by atoms with van der Waals surface area (Å²) < 4.78 is 0. The number of anilines is 2. The zero-order valence-electron chi connectivity index (χ0n) is 14.5. The third-order valence-electron chi connectivity index (χ3n) is 3.57. The normalized spacial score (nSPS) is 10.7. The number of pyridine rings is 1. The van der Waals surface area contributed by atoms with Gasteiger partial charge in [-0.1, -0.05) is 30.3 Å². The average Bonchev–Trinajstić information content (AvgIpc) is 2.59. The van der Waals surface area contributed by atoms with Gasteiger partial charge in [-0.25, -0.2) is 4.98 Å². The molecule has 0 radical (unpaired) electrons. The van der Waals surface area contributed by atoms with Crippen LogP contribution in [-0.2, 0) is 6.54 Å². The van der Waals surface area contributed by atoms with Gasteiger partial charge in [-0.3, -0.25) is 10.2 Å². The van der Waals surface area contributed by atoms with Gasteiger partial charge in [0.2, 0.25) is 0 Å². The van der Waals surface area contributed by atoms with Gasteiger partial charge in [-0.15, -0.1) is 0 Å². The van der Waals surface area contributed by atoms with Gasteiger partial charge in [0.1, 0.15) is 0 Å². The van der Waals surface area contributed by atoms with Crippen molar-refractivity contribution in [1.29, 1.82) is 0 Å². The number of aromatic nitrogens is 1. The van der Waals surface area contributed by atoms with Crippen LogP contribution >= 0.6 is 0 Å². The number of carbonyl (C=O) groups excluding carboxylic acids is 1. The Kier molecular flexibility index (Phi) is 5.89. The minimum atomic E-state index is -0.0910. The summed E-state index contributed by atoms with van der Waals surface area (Å²) in [5.74, 6) is 0.533. The van der Waals surface area contributed by atoms with Crippen LogP contribution in [0, 0.1) is 6.92 Å². The molecule has 2 N–H and O–H groups in total. The summed E-state index contributed by atoms with van der Waals surface area (Å²) in [6.07, 6.45) is 3.23. The number of carbonyl (C=O) groups is 1. The van der Waals surface area contributed by atoms with Gasteiger partial charge in [0.25, 0.3) is 5.91 Å². The van der Waals surface area contributed by atoms with Crippen LogP contribution in [0.5, 0.6) is 0 Å². The highest BCUT2D eigenvalue weighted by atomic mass is 16.2. The maximum Gasteiger partial charge on any atom is 0.257 e. The summed E-state index contributed by atoms with van der Waals surface area (Å²) in [4.78, 5) is 18.3. The Balaban J connectivity index is 2.37. The highest BCUT2D eigenvalue weighted by Crippen LogP contribution is 2.27. The van der Waals surface area contributed by atoms with Crippen LogP contribution in [-0.4, -0.2) is 36.1 Å². The summed E-state index contributed by atoms with van der Waals surface area (Å²) in [6.45, 7) is 4.36. The molecule has 0 fully saturated rings. The van der Waals surface area contributed by atoms with Crippen LogP contribution in [0.3, 0.4) is 0 Å². The van der Waals surface area contributed by atoms with Crippen molar-refractivity contribution in [1.82, 2.24) is 9.88 Å². The molecule has 126 valence electrons. The topological polar surface area (TPSA) is 69.6 Å². The van der Waals surface area contributed by atoms with Crippen molar-refractivity contribution < 1.29 is 4.79 Å². The van der Waals surface area contributed by atoms with E-state index in [1.807, 2.05) is 44.2 Å². The number of hydrogen-bond donors (Lipinski definition) is 2. The van der Waals surface area contributed by atoms with Crippen molar-refractivity contribution in [2.45, 2.75) is 20.4 Å². The molecule has 1 aromatic carbocycles. The molecule has 6 heteroatoms. The molecule has 0 aliphatic heterocycles. The Bertz CT molecular complexity index is 726. The van der Waals surface area contributed by atoms with Crippen LogP contribution in [0.25, 0.3) is 0 Å². The molecular weight excluding hydrogens is 302 g/mol. The van der Waals surface area contributed by atoms with E-state index in [2.05, 4.69) is 20.8 Å². The number of hydrazone groups is 1. The monoisotopic (exact) mass is 325 g/mol. The number of rotatable bonds is 6. The van der Waals surface area contributed by atoms with Crippen molar-refractivity contribution >= 4 is 23.6 Å². The summed E-state index contributed by atoms with van der Waals surface area (Å²) in [5, 5.41) is 7.38. The maximum atomic E-state index is 12.5. The van der Waals surface area contributed by atoms with Gasteiger partial charge in [0.15, 0.2) is 5.82 Å². The fourth-order valence-electron chi connectivity index (χ4n) is 2.27. The molecule has 0 spiro atoms. The third kappa shape index (κ3) is 4.10. The lowest BCUT2D eigenvalue weighted by atomic mass is 10.1. The molecular formula is C18H23N5O. The molecule has 1 amide bonds. The Morgan fingerprint density at radius 3 is 2.62 bits per heavy atom. The van der Waals surface area contributed by atoms with E-state index >= 15 is 0 Å². The van der Waals surface area contributed by atoms with Crippen molar-refractivity contribution in [3.8, 4) is 0 Å². The van der Waals surface area contributed by atoms with Crippen LogP contribution in [0.4, 0.5) is 11.5 Å². The minimum Gasteiger partial charge on any atom is -0.380 e. The predicted molar refractivity (Wildman–Crippen MR) is 98.5 cm³/mol. The van der Waals surface area contributed by atoms with E-state index in [0.717, 1.165) is 16.8 Å². The van der Waals surface area contributed by atoms with Crippen LogP contribution in [0.15, 0.2) is 41.6 Å². The van der Waals surface area contributed by atoms with E-state index < -0.39 is 0 Å². The average molecular weight is 325 g/mol. The number of nitrogens with one attached hydrogen (secondary N) is 2. The quantitative estimate of drug-likeness (QED) is 0.632. The second-order valence-electron chi connectivity index (χ2n) is 5.56. The van der Waals surface area contributed by atoms with Crippen molar-refractivity contribution in [3.63, 3.8) is 0 Å². The number of benzene rings is 1. The standard InChI is InChI=1S/C18H23N5O/c1-5-21-22-17-13(2)16(15(12-20-17)18(24)23(3)4)19-11-14-9-7-6-8-10-14/h5-10,12H,11H2,1-4H3,(H2,19,20,22)/b21-5-. The first-order chi connectivity index (χ1) is 11.5. The first-order valence-electron chi connectivity index (χ1n) is 7.77. The van der Waals surface area contributed by atoms with E-state index in [4.69, 9.17) is 0 Å². The van der Waals surface area contributed by atoms with Crippen molar-refractivity contribution in [2.75, 3.05) is 24.8 Å². The Labute approximate surface area is 142 Å². The minimum absolute atomic E-state index is 0.0910. The second kappa shape index (κ2) is 8.10. The fourth-order valence-corrected chi connectivity index (χ4v) is 2.27. The summed E-state index contributed by atoms with van der Waals surface area (Å²) in [6, 6.07) is 10.0. The fraction of sp³-hybridized carbons (Fsp3) is 0.278. The Morgan fingerprint density at radius 2 is 2.00 bits per heavy atom. The van der Waals surface area contributed by atoms with Gasteiger partial charge in [-0.05, 0) is 19.4 Å². The first kappa shape index (κ1) is 17.5. The lowest BCUT2D eigenvalue weighted by Gasteiger charge is -2.19. The molecule has 0 saturated heterocycles. The third-order valence-corrected chi connectivity index (χ3v) is 3.57. The molecule has 24 heavy (non-hydrogen) atoms. The van der Waals surface area contributed by atoms with Gasteiger partial charge in [0, 0.05) is 38.6 Å². The molecule has 2 aromatic rings. The van der Waals surface area contributed by atoms with Gasteiger partial charge < -0.3 is 10.2 Å². The molecule has 0 bridgehead atoms. The highest BCUT2D eigenvalue weighted by Gasteiger charge is 2.18. The largest absolute Gasteiger partial charge is 0.380 e.